The number of carbonyl (C=O) groups excluding carboxylic acids is 7. The monoisotopic (exact) mass is 759 g/mol. The molecule has 17 nitrogen and oxygen atoms in total. The number of nitrogens with zero attached hydrogens (tertiary/aromatic N) is 1. The summed E-state index contributed by atoms with van der Waals surface area (Å²) in [5.41, 5.74) is 0.781. The van der Waals surface area contributed by atoms with Crippen LogP contribution in [-0.4, -0.2) is 108 Å². The van der Waals surface area contributed by atoms with Gasteiger partial charge in [0, 0.05) is 6.54 Å². The zero-order chi connectivity index (χ0) is 40.2. The summed E-state index contributed by atoms with van der Waals surface area (Å²) >= 11 is 0. The van der Waals surface area contributed by atoms with Crippen molar-refractivity contribution in [1.82, 2.24) is 36.8 Å². The molecule has 1 aliphatic rings. The van der Waals surface area contributed by atoms with Crippen molar-refractivity contribution in [2.75, 3.05) is 26.2 Å². The predicted molar refractivity (Wildman–Crippen MR) is 197 cm³/mol. The molecule has 300 valence electrons. The van der Waals surface area contributed by atoms with Gasteiger partial charge in [-0.05, 0) is 49.5 Å². The third-order valence-corrected chi connectivity index (χ3v) is 8.50. The third-order valence-electron chi connectivity index (χ3n) is 8.50. The van der Waals surface area contributed by atoms with Crippen molar-refractivity contribution in [2.45, 2.75) is 110 Å². The minimum absolute atomic E-state index is 0.0239. The fourth-order valence-electron chi connectivity index (χ4n) is 5.75. The molecule has 1 aromatic rings. The highest BCUT2D eigenvalue weighted by molar-refractivity contribution is 5.95. The summed E-state index contributed by atoms with van der Waals surface area (Å²) in [6.45, 7) is 8.26. The maximum Gasteiger partial charge on any atom is 0.407 e. The number of rotatable bonds is 22. The van der Waals surface area contributed by atoms with E-state index in [0.29, 0.717) is 25.8 Å². The largest absolute Gasteiger partial charge is 0.480 e. The Bertz CT molecular complexity index is 1440. The lowest BCUT2D eigenvalue weighted by Gasteiger charge is -2.26. The summed E-state index contributed by atoms with van der Waals surface area (Å²) in [6.07, 6.45) is 2.16. The lowest BCUT2D eigenvalue weighted by atomic mass is 9.99. The minimum Gasteiger partial charge on any atom is -0.480 e. The summed E-state index contributed by atoms with van der Waals surface area (Å²) in [5.74, 6) is -4.93. The fraction of sp³-hybridized carbons (Fsp3) is 0.622. The van der Waals surface area contributed by atoms with Crippen molar-refractivity contribution < 1.29 is 48.2 Å². The number of amides is 7. The molecule has 54 heavy (non-hydrogen) atoms. The van der Waals surface area contributed by atoms with Gasteiger partial charge in [-0.25, -0.2) is 9.59 Å². The van der Waals surface area contributed by atoms with Gasteiger partial charge >= 0.3 is 12.1 Å². The normalized spacial score (nSPS) is 15.4. The number of hydrogen-bond donors (Lipinski definition) is 7. The lowest BCUT2D eigenvalue weighted by molar-refractivity contribution is -0.142. The van der Waals surface area contributed by atoms with E-state index in [-0.39, 0.29) is 44.2 Å². The number of unbranched alkanes of at least 4 members (excludes halogenated alkanes) is 1. The Morgan fingerprint density at radius 2 is 1.37 bits per heavy atom. The number of aliphatic carboxylic acids is 1. The highest BCUT2D eigenvalue weighted by Crippen LogP contribution is 2.17. The SMILES string of the molecule is CCCC[C@H](NC(=O)[C@H](CC(C)C)NC(=O)[C@H](CC(C)C)NC(=O)CNC(=O)CNC(=O)[C@@H]1CCCN1C(=O)CNC(=O)OCc1ccccc1)C(=O)O. The highest BCUT2D eigenvalue weighted by atomic mass is 16.5. The van der Waals surface area contributed by atoms with E-state index in [0.717, 1.165) is 12.0 Å². The second-order valence-corrected chi connectivity index (χ2v) is 14.1. The number of benzene rings is 1. The van der Waals surface area contributed by atoms with E-state index in [2.05, 4.69) is 31.9 Å². The number of carbonyl (C=O) groups is 8. The van der Waals surface area contributed by atoms with Crippen molar-refractivity contribution >= 4 is 47.5 Å². The molecule has 2 rings (SSSR count). The van der Waals surface area contributed by atoms with Gasteiger partial charge in [0.15, 0.2) is 0 Å². The molecular formula is C37H57N7O10. The Morgan fingerprint density at radius 3 is 1.96 bits per heavy atom. The molecule has 0 aromatic heterocycles. The van der Waals surface area contributed by atoms with Crippen LogP contribution in [0.4, 0.5) is 4.79 Å². The number of nitrogens with one attached hydrogen (secondary N) is 6. The van der Waals surface area contributed by atoms with Crippen LogP contribution in [0.15, 0.2) is 30.3 Å². The van der Waals surface area contributed by atoms with Crippen molar-refractivity contribution in [3.05, 3.63) is 35.9 Å². The topological polar surface area (TPSA) is 241 Å². The molecule has 1 aromatic carbocycles. The van der Waals surface area contributed by atoms with E-state index in [4.69, 9.17) is 4.74 Å². The smallest absolute Gasteiger partial charge is 0.407 e. The van der Waals surface area contributed by atoms with Crippen LogP contribution in [0.2, 0.25) is 0 Å². The van der Waals surface area contributed by atoms with Gasteiger partial charge in [0.05, 0.1) is 13.1 Å². The first kappa shape index (κ1) is 44.9. The Labute approximate surface area is 316 Å². The molecule has 0 spiro atoms. The first-order chi connectivity index (χ1) is 25.6. The van der Waals surface area contributed by atoms with Crippen LogP contribution in [0, 0.1) is 11.8 Å². The van der Waals surface area contributed by atoms with Crippen LogP contribution >= 0.6 is 0 Å². The van der Waals surface area contributed by atoms with Gasteiger partial charge in [-0.1, -0.05) is 77.8 Å². The Hall–Kier alpha value is -5.22. The number of ether oxygens (including phenoxy) is 1. The van der Waals surface area contributed by atoms with E-state index in [1.54, 1.807) is 24.3 Å². The molecule has 0 aliphatic carbocycles. The zero-order valence-corrected chi connectivity index (χ0v) is 31.9. The predicted octanol–water partition coefficient (Wildman–Crippen LogP) is 0.958. The summed E-state index contributed by atoms with van der Waals surface area (Å²) in [7, 11) is 0. The molecule has 0 bridgehead atoms. The molecule has 0 unspecified atom stereocenters. The van der Waals surface area contributed by atoms with Gasteiger partial charge in [-0.2, -0.15) is 0 Å². The van der Waals surface area contributed by atoms with Crippen LogP contribution in [0.5, 0.6) is 0 Å². The van der Waals surface area contributed by atoms with Crippen molar-refractivity contribution in [2.24, 2.45) is 11.8 Å². The number of likely N-dealkylation sites (tertiary alicyclic amines) is 1. The molecule has 7 amide bonds. The quantitative estimate of drug-likeness (QED) is 0.0883. The maximum atomic E-state index is 13.4. The minimum atomic E-state index is -1.17. The average molecular weight is 760 g/mol. The van der Waals surface area contributed by atoms with Gasteiger partial charge in [-0.3, -0.25) is 28.8 Å². The fourth-order valence-corrected chi connectivity index (χ4v) is 5.75. The Kier molecular flexibility index (Phi) is 19.5. The first-order valence-corrected chi connectivity index (χ1v) is 18.5. The van der Waals surface area contributed by atoms with Crippen molar-refractivity contribution in [3.63, 3.8) is 0 Å². The molecule has 1 heterocycles. The third kappa shape index (κ3) is 16.6. The van der Waals surface area contributed by atoms with Gasteiger partial charge < -0.3 is 46.6 Å². The van der Waals surface area contributed by atoms with Crippen LogP contribution < -0.4 is 31.9 Å². The van der Waals surface area contributed by atoms with Crippen LogP contribution in [-0.2, 0) is 44.9 Å². The summed E-state index contributed by atoms with van der Waals surface area (Å²) in [6, 6.07) is 4.97. The zero-order valence-electron chi connectivity index (χ0n) is 31.9. The number of carboxylic acids is 1. The number of carboxylic acid groups (broad SMARTS) is 1. The molecule has 1 saturated heterocycles. The molecular weight excluding hydrogens is 702 g/mol. The Morgan fingerprint density at radius 1 is 0.778 bits per heavy atom. The van der Waals surface area contributed by atoms with E-state index in [9.17, 15) is 43.5 Å². The molecule has 1 fully saturated rings. The molecule has 17 heteroatoms. The number of alkyl carbamates (subject to hydrolysis) is 1. The van der Waals surface area contributed by atoms with Crippen LogP contribution in [0.1, 0.15) is 85.1 Å². The number of hydrogen-bond acceptors (Lipinski definition) is 9. The first-order valence-electron chi connectivity index (χ1n) is 18.5. The summed E-state index contributed by atoms with van der Waals surface area (Å²) in [5, 5.41) is 24.6. The van der Waals surface area contributed by atoms with Crippen LogP contribution in [0.3, 0.4) is 0 Å². The van der Waals surface area contributed by atoms with Gasteiger partial charge in [-0.15, -0.1) is 0 Å². The molecule has 1 aliphatic heterocycles. The van der Waals surface area contributed by atoms with E-state index >= 15 is 0 Å². The van der Waals surface area contributed by atoms with Crippen molar-refractivity contribution in [3.8, 4) is 0 Å². The molecule has 0 saturated carbocycles. The Balaban J connectivity index is 1.86. The average Bonchev–Trinajstić information content (AvgIpc) is 3.62. The van der Waals surface area contributed by atoms with Gasteiger partial charge in [0.2, 0.25) is 35.4 Å². The van der Waals surface area contributed by atoms with Gasteiger partial charge in [0.25, 0.3) is 0 Å². The standard InChI is InChI=1S/C37H57N7O10/c1-6-7-14-26(36(51)52)42-34(49)28(18-24(4)5)43-33(48)27(17-23(2)3)41-31(46)20-38-30(45)19-39-35(50)29-15-11-16-44(29)32(47)21-40-37(53)54-22-25-12-9-8-10-13-25/h8-10,12-13,23-24,26-29H,6-7,11,14-22H2,1-5H3,(H,38,45)(H,39,50)(H,40,53)(H,41,46)(H,42,49)(H,43,48)(H,51,52)/t26-,27-,28-,29-/m0/s1. The van der Waals surface area contributed by atoms with E-state index in [1.807, 2.05) is 40.7 Å². The second kappa shape index (κ2) is 23.4. The summed E-state index contributed by atoms with van der Waals surface area (Å²) in [4.78, 5) is 103. The second-order valence-electron chi connectivity index (χ2n) is 14.1. The van der Waals surface area contributed by atoms with E-state index < -0.39 is 84.8 Å². The molecule has 4 atom stereocenters. The maximum absolute atomic E-state index is 13.4. The lowest BCUT2D eigenvalue weighted by Crippen LogP contribution is -2.57. The highest BCUT2D eigenvalue weighted by Gasteiger charge is 2.34. The summed E-state index contributed by atoms with van der Waals surface area (Å²) < 4.78 is 5.11. The molecule has 0 radical (unpaired) electrons. The molecule has 7 N–H and O–H groups in total. The van der Waals surface area contributed by atoms with E-state index in [1.165, 1.54) is 4.90 Å². The van der Waals surface area contributed by atoms with Crippen LogP contribution in [0.25, 0.3) is 0 Å². The van der Waals surface area contributed by atoms with Gasteiger partial charge in [0.1, 0.15) is 37.3 Å². The van der Waals surface area contributed by atoms with Crippen molar-refractivity contribution in [1.29, 1.82) is 0 Å².